The predicted octanol–water partition coefficient (Wildman–Crippen LogP) is 4.71. The molecule has 1 aliphatic heterocycles. The van der Waals surface area contributed by atoms with Crippen LogP contribution >= 0.6 is 0 Å². The molecule has 1 saturated heterocycles. The van der Waals surface area contributed by atoms with Gasteiger partial charge >= 0.3 is 6.18 Å². The zero-order valence-corrected chi connectivity index (χ0v) is 13.6. The molecule has 2 aromatic rings. The van der Waals surface area contributed by atoms with Crippen LogP contribution in [-0.4, -0.2) is 12.6 Å². The second-order valence-electron chi connectivity index (χ2n) is 7.07. The van der Waals surface area contributed by atoms with Gasteiger partial charge < -0.3 is 5.32 Å². The van der Waals surface area contributed by atoms with Crippen LogP contribution in [-0.2, 0) is 19.0 Å². The maximum Gasteiger partial charge on any atom is 0.416 e. The van der Waals surface area contributed by atoms with Gasteiger partial charge in [-0.1, -0.05) is 18.2 Å². The van der Waals surface area contributed by atoms with Gasteiger partial charge in [-0.3, -0.25) is 0 Å². The SMILES string of the molecule is Fc1ccc(CC2NCC3c4ccc(C(F)(F)F)cc4CCC23)cc1. The molecule has 1 N–H and O–H groups in total. The topological polar surface area (TPSA) is 12.0 Å². The van der Waals surface area contributed by atoms with Crippen LogP contribution < -0.4 is 5.32 Å². The Labute approximate surface area is 144 Å². The summed E-state index contributed by atoms with van der Waals surface area (Å²) in [6.07, 6.45) is -1.90. The number of hydrogen-bond donors (Lipinski definition) is 1. The fraction of sp³-hybridized carbons (Fsp3) is 0.400. The molecular formula is C20H19F4N. The Morgan fingerprint density at radius 2 is 1.80 bits per heavy atom. The highest BCUT2D eigenvalue weighted by atomic mass is 19.4. The van der Waals surface area contributed by atoms with Crippen LogP contribution in [0.15, 0.2) is 42.5 Å². The number of alkyl halides is 3. The highest BCUT2D eigenvalue weighted by Crippen LogP contribution is 2.43. The Morgan fingerprint density at radius 1 is 1.04 bits per heavy atom. The number of nitrogens with one attached hydrogen (secondary N) is 1. The minimum Gasteiger partial charge on any atom is -0.313 e. The second kappa shape index (κ2) is 6.13. The molecule has 3 atom stereocenters. The van der Waals surface area contributed by atoms with Crippen LogP contribution in [0.3, 0.4) is 0 Å². The normalized spacial score (nSPS) is 25.5. The first-order valence-corrected chi connectivity index (χ1v) is 8.59. The van der Waals surface area contributed by atoms with Gasteiger partial charge in [-0.2, -0.15) is 13.2 Å². The lowest BCUT2D eigenvalue weighted by atomic mass is 9.73. The van der Waals surface area contributed by atoms with Gasteiger partial charge in [-0.25, -0.2) is 4.39 Å². The molecular weight excluding hydrogens is 330 g/mol. The van der Waals surface area contributed by atoms with Crippen LogP contribution in [0.25, 0.3) is 0 Å². The molecule has 0 saturated carbocycles. The van der Waals surface area contributed by atoms with Gasteiger partial charge in [0.25, 0.3) is 0 Å². The predicted molar refractivity (Wildman–Crippen MR) is 87.9 cm³/mol. The maximum absolute atomic E-state index is 13.1. The molecule has 4 rings (SSSR count). The molecule has 132 valence electrons. The van der Waals surface area contributed by atoms with Crippen molar-refractivity contribution in [2.24, 2.45) is 5.92 Å². The van der Waals surface area contributed by atoms with E-state index in [0.717, 1.165) is 36.1 Å². The van der Waals surface area contributed by atoms with Crippen LogP contribution in [0.2, 0.25) is 0 Å². The van der Waals surface area contributed by atoms with Crippen LogP contribution in [0, 0.1) is 11.7 Å². The van der Waals surface area contributed by atoms with E-state index in [9.17, 15) is 17.6 Å². The third kappa shape index (κ3) is 3.17. The van der Waals surface area contributed by atoms with Crippen LogP contribution in [0.5, 0.6) is 0 Å². The monoisotopic (exact) mass is 349 g/mol. The first-order chi connectivity index (χ1) is 11.9. The van der Waals surface area contributed by atoms with Gasteiger partial charge in [0.05, 0.1) is 5.56 Å². The third-order valence-corrected chi connectivity index (χ3v) is 5.62. The summed E-state index contributed by atoms with van der Waals surface area (Å²) in [6, 6.07) is 11.0. The van der Waals surface area contributed by atoms with Crippen LogP contribution in [0.4, 0.5) is 17.6 Å². The zero-order valence-electron chi connectivity index (χ0n) is 13.6. The summed E-state index contributed by atoms with van der Waals surface area (Å²) >= 11 is 0. The van der Waals surface area contributed by atoms with E-state index in [-0.39, 0.29) is 17.8 Å². The molecule has 0 aromatic heterocycles. The van der Waals surface area contributed by atoms with E-state index in [0.29, 0.717) is 12.3 Å². The third-order valence-electron chi connectivity index (χ3n) is 5.62. The van der Waals surface area contributed by atoms with Gasteiger partial charge in [-0.15, -0.1) is 0 Å². The lowest BCUT2D eigenvalue weighted by molar-refractivity contribution is -0.137. The van der Waals surface area contributed by atoms with Crippen molar-refractivity contribution in [3.05, 3.63) is 70.5 Å². The van der Waals surface area contributed by atoms with Gasteiger partial charge in [0, 0.05) is 18.5 Å². The smallest absolute Gasteiger partial charge is 0.313 e. The lowest BCUT2D eigenvalue weighted by Crippen LogP contribution is -2.31. The summed E-state index contributed by atoms with van der Waals surface area (Å²) in [5.74, 6) is 0.429. The molecule has 3 unspecified atom stereocenters. The number of aryl methyl sites for hydroxylation is 1. The van der Waals surface area contributed by atoms with E-state index in [1.54, 1.807) is 18.2 Å². The molecule has 5 heteroatoms. The Balaban J connectivity index is 1.54. The Morgan fingerprint density at radius 3 is 2.52 bits per heavy atom. The largest absolute Gasteiger partial charge is 0.416 e. The summed E-state index contributed by atoms with van der Waals surface area (Å²) in [5, 5.41) is 3.53. The van der Waals surface area contributed by atoms with E-state index in [1.165, 1.54) is 24.3 Å². The van der Waals surface area contributed by atoms with Crippen molar-refractivity contribution >= 4 is 0 Å². The summed E-state index contributed by atoms with van der Waals surface area (Å²) in [6.45, 7) is 0.787. The fourth-order valence-electron chi connectivity index (χ4n) is 4.38. The quantitative estimate of drug-likeness (QED) is 0.775. The Kier molecular flexibility index (Phi) is 4.07. The highest BCUT2D eigenvalue weighted by Gasteiger charge is 2.40. The summed E-state index contributed by atoms with van der Waals surface area (Å²) in [4.78, 5) is 0. The molecule has 2 aromatic carbocycles. The second-order valence-corrected chi connectivity index (χ2v) is 7.07. The average molecular weight is 349 g/mol. The first-order valence-electron chi connectivity index (χ1n) is 8.59. The number of hydrogen-bond acceptors (Lipinski definition) is 1. The highest BCUT2D eigenvalue weighted by molar-refractivity contribution is 5.39. The molecule has 1 aliphatic carbocycles. The molecule has 0 spiro atoms. The molecule has 0 bridgehead atoms. The molecule has 1 heterocycles. The fourth-order valence-corrected chi connectivity index (χ4v) is 4.38. The van der Waals surface area contributed by atoms with Gasteiger partial charge in [0.1, 0.15) is 5.82 Å². The number of halogens is 4. The molecule has 2 aliphatic rings. The van der Waals surface area contributed by atoms with E-state index in [2.05, 4.69) is 5.32 Å². The average Bonchev–Trinajstić information content (AvgIpc) is 2.99. The number of fused-ring (bicyclic) bond motifs is 3. The molecule has 1 fully saturated rings. The minimum absolute atomic E-state index is 0.243. The van der Waals surface area contributed by atoms with E-state index in [4.69, 9.17) is 0 Å². The van der Waals surface area contributed by atoms with Crippen molar-refractivity contribution in [1.82, 2.24) is 5.32 Å². The molecule has 1 nitrogen and oxygen atoms in total. The molecule has 0 amide bonds. The summed E-state index contributed by atoms with van der Waals surface area (Å²) in [7, 11) is 0. The van der Waals surface area contributed by atoms with Crippen molar-refractivity contribution in [2.75, 3.05) is 6.54 Å². The number of rotatable bonds is 2. The minimum atomic E-state index is -4.29. The van der Waals surface area contributed by atoms with Crippen molar-refractivity contribution in [2.45, 2.75) is 37.4 Å². The summed E-state index contributed by atoms with van der Waals surface area (Å²) < 4.78 is 51.8. The van der Waals surface area contributed by atoms with Gasteiger partial charge in [0.2, 0.25) is 0 Å². The van der Waals surface area contributed by atoms with E-state index < -0.39 is 11.7 Å². The van der Waals surface area contributed by atoms with Gasteiger partial charge in [-0.05, 0) is 66.1 Å². The standard InChI is InChI=1S/C20H19F4N/c21-15-5-1-12(2-6-15)9-19-17-7-3-13-10-14(20(22,23)24)4-8-16(13)18(17)11-25-19/h1-2,4-6,8,10,17-19,25H,3,7,9,11H2. The zero-order chi connectivity index (χ0) is 17.6. The van der Waals surface area contributed by atoms with E-state index in [1.807, 2.05) is 0 Å². The van der Waals surface area contributed by atoms with E-state index >= 15 is 0 Å². The number of benzene rings is 2. The summed E-state index contributed by atoms with van der Waals surface area (Å²) in [5.41, 5.74) is 2.41. The Bertz CT molecular complexity index is 766. The van der Waals surface area contributed by atoms with Crippen molar-refractivity contribution < 1.29 is 17.6 Å². The van der Waals surface area contributed by atoms with Crippen molar-refractivity contribution in [1.29, 1.82) is 0 Å². The maximum atomic E-state index is 13.1. The van der Waals surface area contributed by atoms with Crippen LogP contribution in [0.1, 0.15) is 34.6 Å². The first kappa shape index (κ1) is 16.6. The lowest BCUT2D eigenvalue weighted by Gasteiger charge is -2.31. The van der Waals surface area contributed by atoms with Gasteiger partial charge in [0.15, 0.2) is 0 Å². The molecule has 25 heavy (non-hydrogen) atoms. The molecule has 0 radical (unpaired) electrons. The van der Waals surface area contributed by atoms with Crippen molar-refractivity contribution in [3.8, 4) is 0 Å². The van der Waals surface area contributed by atoms with Crippen molar-refractivity contribution in [3.63, 3.8) is 0 Å². The Hall–Kier alpha value is -1.88.